The van der Waals surface area contributed by atoms with E-state index in [2.05, 4.69) is 15.9 Å². The van der Waals surface area contributed by atoms with Gasteiger partial charge in [0.25, 0.3) is 0 Å². The van der Waals surface area contributed by atoms with Crippen molar-refractivity contribution in [3.05, 3.63) is 94.1 Å². The van der Waals surface area contributed by atoms with Crippen LogP contribution in [0.15, 0.2) is 83.0 Å². The highest BCUT2D eigenvalue weighted by atomic mass is 127. The first kappa shape index (κ1) is 18.9. The zero-order valence-corrected chi connectivity index (χ0v) is 16.9. The molecule has 1 aliphatic rings. The molecule has 1 aliphatic carbocycles. The second kappa shape index (κ2) is 7.41. The summed E-state index contributed by atoms with van der Waals surface area (Å²) in [6, 6.07) is 19.6. The molecule has 0 amide bonds. The SMILES string of the molecule is N#CC(=C1C(=C(Br)c2ccccc2)C1=C(I)c1ccccc1)C(F)(F)F. The highest BCUT2D eigenvalue weighted by Crippen LogP contribution is 2.58. The number of rotatable bonds is 2. The van der Waals surface area contributed by atoms with E-state index in [1.165, 1.54) is 6.07 Å². The zero-order chi connectivity index (χ0) is 18.9. The molecule has 0 atom stereocenters. The largest absolute Gasteiger partial charge is 0.426 e. The van der Waals surface area contributed by atoms with E-state index >= 15 is 0 Å². The van der Waals surface area contributed by atoms with Crippen molar-refractivity contribution < 1.29 is 13.2 Å². The van der Waals surface area contributed by atoms with E-state index in [1.807, 2.05) is 71.1 Å². The molecule has 0 N–H and O–H groups in total. The van der Waals surface area contributed by atoms with E-state index in [-0.39, 0.29) is 5.57 Å². The highest BCUT2D eigenvalue weighted by Gasteiger charge is 2.47. The molecule has 130 valence electrons. The maximum Gasteiger partial charge on any atom is 0.426 e. The summed E-state index contributed by atoms with van der Waals surface area (Å²) in [7, 11) is 0. The first-order valence-corrected chi connectivity index (χ1v) is 9.36. The van der Waals surface area contributed by atoms with E-state index in [0.717, 1.165) is 11.1 Å². The van der Waals surface area contributed by atoms with Gasteiger partial charge in [-0.05, 0) is 49.6 Å². The summed E-state index contributed by atoms with van der Waals surface area (Å²) in [6.07, 6.45) is -4.70. The summed E-state index contributed by atoms with van der Waals surface area (Å²) >= 11 is 5.46. The molecule has 3 rings (SSSR count). The van der Waals surface area contributed by atoms with Gasteiger partial charge in [-0.2, -0.15) is 18.4 Å². The fourth-order valence-electron chi connectivity index (χ4n) is 2.60. The number of nitriles is 1. The molecule has 1 nitrogen and oxygen atoms in total. The molecule has 0 unspecified atom stereocenters. The summed E-state index contributed by atoms with van der Waals surface area (Å²) in [6.45, 7) is 0. The standard InChI is InChI=1S/C20H10BrF3IN/c21-18(12-7-3-1-4-8-12)16-15(14(11-26)20(22,23)24)17(16)19(25)13-9-5-2-6-10-13/h1-10H. The van der Waals surface area contributed by atoms with Gasteiger partial charge < -0.3 is 0 Å². The lowest BCUT2D eigenvalue weighted by atomic mass is 10.2. The van der Waals surface area contributed by atoms with E-state index < -0.39 is 11.7 Å². The predicted molar refractivity (Wildman–Crippen MR) is 108 cm³/mol. The van der Waals surface area contributed by atoms with Gasteiger partial charge in [-0.25, -0.2) is 0 Å². The number of nitrogens with zero attached hydrogens (tertiary/aromatic N) is 1. The molecule has 6 heteroatoms. The molecule has 2 aromatic rings. The van der Waals surface area contributed by atoms with Crippen LogP contribution < -0.4 is 0 Å². The zero-order valence-electron chi connectivity index (χ0n) is 13.1. The molecule has 0 aliphatic heterocycles. The van der Waals surface area contributed by atoms with E-state index in [9.17, 15) is 13.2 Å². The monoisotopic (exact) mass is 527 g/mol. The number of benzene rings is 2. The van der Waals surface area contributed by atoms with Crippen molar-refractivity contribution in [1.82, 2.24) is 0 Å². The quantitative estimate of drug-likeness (QED) is 0.303. The molecule has 1 fully saturated rings. The van der Waals surface area contributed by atoms with Crippen LogP contribution in [0.5, 0.6) is 0 Å². The minimum atomic E-state index is -4.70. The lowest BCUT2D eigenvalue weighted by molar-refractivity contribution is -0.0875. The summed E-state index contributed by atoms with van der Waals surface area (Å²) in [5, 5.41) is 9.12. The van der Waals surface area contributed by atoms with Crippen molar-refractivity contribution in [1.29, 1.82) is 5.26 Å². The molecule has 0 saturated heterocycles. The van der Waals surface area contributed by atoms with Crippen molar-refractivity contribution >= 4 is 46.6 Å². The van der Waals surface area contributed by atoms with Gasteiger partial charge in [0.05, 0.1) is 0 Å². The van der Waals surface area contributed by atoms with Crippen LogP contribution in [0.3, 0.4) is 0 Å². The average molecular weight is 528 g/mol. The van der Waals surface area contributed by atoms with Crippen LogP contribution in [0, 0.1) is 11.3 Å². The number of allylic oxidation sites excluding steroid dienone is 4. The van der Waals surface area contributed by atoms with Gasteiger partial charge in [-0.3, -0.25) is 0 Å². The molecule has 2 aromatic carbocycles. The predicted octanol–water partition coefficient (Wildman–Crippen LogP) is 7.03. The number of alkyl halides is 3. The fourth-order valence-corrected chi connectivity index (χ4v) is 4.15. The van der Waals surface area contributed by atoms with Crippen LogP contribution in [0.2, 0.25) is 0 Å². The van der Waals surface area contributed by atoms with Crippen molar-refractivity contribution in [2.75, 3.05) is 0 Å². The fraction of sp³-hybridized carbons (Fsp3) is 0.0500. The van der Waals surface area contributed by atoms with Gasteiger partial charge in [0.15, 0.2) is 0 Å². The van der Waals surface area contributed by atoms with Crippen molar-refractivity contribution in [3.8, 4) is 6.07 Å². The molecule has 0 radical (unpaired) electrons. The van der Waals surface area contributed by atoms with Crippen LogP contribution in [-0.4, -0.2) is 6.18 Å². The van der Waals surface area contributed by atoms with Gasteiger partial charge in [-0.1, -0.05) is 60.7 Å². The number of halogens is 5. The molecular formula is C20H10BrF3IN. The molecule has 0 bridgehead atoms. The highest BCUT2D eigenvalue weighted by molar-refractivity contribution is 14.1. The Kier molecular flexibility index (Phi) is 5.39. The lowest BCUT2D eigenvalue weighted by Crippen LogP contribution is -2.10. The minimum Gasteiger partial charge on any atom is -0.192 e. The number of hydrogen-bond donors (Lipinski definition) is 0. The lowest BCUT2D eigenvalue weighted by Gasteiger charge is -2.02. The smallest absolute Gasteiger partial charge is 0.192 e. The van der Waals surface area contributed by atoms with Crippen LogP contribution in [0.1, 0.15) is 11.1 Å². The van der Waals surface area contributed by atoms with Crippen molar-refractivity contribution in [3.63, 3.8) is 0 Å². The third-order valence-corrected chi connectivity index (χ3v) is 5.84. The molecule has 1 saturated carbocycles. The Morgan fingerprint density at radius 3 is 1.81 bits per heavy atom. The van der Waals surface area contributed by atoms with E-state index in [1.54, 1.807) is 12.1 Å². The summed E-state index contributed by atoms with van der Waals surface area (Å²) < 4.78 is 41.3. The topological polar surface area (TPSA) is 23.8 Å². The molecule has 0 heterocycles. The second-order valence-corrected chi connectivity index (χ2v) is 7.34. The first-order chi connectivity index (χ1) is 12.4. The maximum atomic E-state index is 13.3. The second-order valence-electron chi connectivity index (χ2n) is 5.47. The third-order valence-electron chi connectivity index (χ3n) is 3.83. The molecule has 0 spiro atoms. The van der Waals surface area contributed by atoms with E-state index in [4.69, 9.17) is 5.26 Å². The van der Waals surface area contributed by atoms with E-state index in [0.29, 0.717) is 19.2 Å². The summed E-state index contributed by atoms with van der Waals surface area (Å²) in [4.78, 5) is 0. The maximum absolute atomic E-state index is 13.3. The Balaban J connectivity index is 2.29. The third kappa shape index (κ3) is 3.64. The first-order valence-electron chi connectivity index (χ1n) is 7.49. The van der Waals surface area contributed by atoms with Crippen LogP contribution in [-0.2, 0) is 0 Å². The summed E-state index contributed by atoms with van der Waals surface area (Å²) in [5.74, 6) is 0. The Labute approximate surface area is 170 Å². The van der Waals surface area contributed by atoms with Crippen LogP contribution in [0.4, 0.5) is 13.2 Å². The Hall–Kier alpha value is -1.85. The van der Waals surface area contributed by atoms with Crippen LogP contribution >= 0.6 is 38.5 Å². The van der Waals surface area contributed by atoms with Gasteiger partial charge in [-0.15, -0.1) is 0 Å². The normalized spacial score (nSPS) is 19.5. The average Bonchev–Trinajstić information content (AvgIpc) is 3.36. The molecule has 0 aromatic heterocycles. The number of hydrogen-bond acceptors (Lipinski definition) is 1. The molecular weight excluding hydrogens is 518 g/mol. The summed E-state index contributed by atoms with van der Waals surface area (Å²) in [5.41, 5.74) is 1.25. The van der Waals surface area contributed by atoms with Gasteiger partial charge in [0, 0.05) is 24.8 Å². The Bertz CT molecular complexity index is 918. The molecule has 26 heavy (non-hydrogen) atoms. The van der Waals surface area contributed by atoms with Crippen LogP contribution in [0.25, 0.3) is 8.06 Å². The van der Waals surface area contributed by atoms with Crippen molar-refractivity contribution in [2.24, 2.45) is 0 Å². The minimum absolute atomic E-state index is 0.0380. The van der Waals surface area contributed by atoms with Gasteiger partial charge in [0.2, 0.25) is 0 Å². The Morgan fingerprint density at radius 1 is 0.846 bits per heavy atom. The van der Waals surface area contributed by atoms with Gasteiger partial charge >= 0.3 is 6.18 Å². The van der Waals surface area contributed by atoms with Gasteiger partial charge in [0.1, 0.15) is 11.6 Å². The van der Waals surface area contributed by atoms with Crippen molar-refractivity contribution in [2.45, 2.75) is 6.18 Å². The Morgan fingerprint density at radius 2 is 1.35 bits per heavy atom.